The summed E-state index contributed by atoms with van der Waals surface area (Å²) < 4.78 is 5.27. The predicted molar refractivity (Wildman–Crippen MR) is 140 cm³/mol. The number of nitrogens with zero attached hydrogens (tertiary/aromatic N) is 6. The Labute approximate surface area is 206 Å². The minimum atomic E-state index is -0.106. The Kier molecular flexibility index (Phi) is 6.42. The number of rotatable bonds is 8. The van der Waals surface area contributed by atoms with Crippen LogP contribution in [0, 0.1) is 0 Å². The van der Waals surface area contributed by atoms with E-state index in [1.807, 2.05) is 57.5 Å². The van der Waals surface area contributed by atoms with Crippen molar-refractivity contribution >= 4 is 39.3 Å². The molecule has 0 bridgehead atoms. The summed E-state index contributed by atoms with van der Waals surface area (Å²) in [5.74, 6) is 1.64. The Bertz CT molecular complexity index is 1650. The molecule has 35 heavy (non-hydrogen) atoms. The molecule has 1 unspecified atom stereocenters. The van der Waals surface area contributed by atoms with Gasteiger partial charge in [-0.15, -0.1) is 10.2 Å². The Morgan fingerprint density at radius 1 is 0.943 bits per heavy atom. The number of unbranched alkanes of at least 4 members (excludes halogenated alkanes) is 2. The van der Waals surface area contributed by atoms with Crippen molar-refractivity contribution in [1.29, 1.82) is 0 Å². The van der Waals surface area contributed by atoms with Crippen molar-refractivity contribution in [1.82, 2.24) is 28.7 Å². The van der Waals surface area contributed by atoms with Gasteiger partial charge >= 0.3 is 0 Å². The fourth-order valence-electron chi connectivity index (χ4n) is 4.55. The SMILES string of the molecule is CCCCCC(C)n1c(SCc2nnc3n(C)c(=O)c4ccccc4n23)nc2ccccc2c1=O. The fourth-order valence-corrected chi connectivity index (χ4v) is 5.56. The van der Waals surface area contributed by atoms with Crippen LogP contribution >= 0.6 is 11.8 Å². The van der Waals surface area contributed by atoms with E-state index in [-0.39, 0.29) is 17.2 Å². The maximum absolute atomic E-state index is 13.5. The summed E-state index contributed by atoms with van der Waals surface area (Å²) in [6.07, 6.45) is 4.26. The number of aryl methyl sites for hydroxylation is 1. The monoisotopic (exact) mass is 488 g/mol. The van der Waals surface area contributed by atoms with Crippen LogP contribution in [0.25, 0.3) is 27.6 Å². The molecule has 0 radical (unpaired) electrons. The number of hydrogen-bond donors (Lipinski definition) is 0. The first-order chi connectivity index (χ1) is 17.0. The predicted octanol–water partition coefficient (Wildman–Crippen LogP) is 4.72. The van der Waals surface area contributed by atoms with E-state index in [2.05, 4.69) is 24.0 Å². The number of thioether (sulfide) groups is 1. The van der Waals surface area contributed by atoms with Crippen molar-refractivity contribution in [3.8, 4) is 0 Å². The molecule has 9 heteroatoms. The Morgan fingerprint density at radius 2 is 1.69 bits per heavy atom. The van der Waals surface area contributed by atoms with Gasteiger partial charge in [-0.3, -0.25) is 23.1 Å². The first-order valence-corrected chi connectivity index (χ1v) is 13.0. The summed E-state index contributed by atoms with van der Waals surface area (Å²) in [5.41, 5.74) is 1.34. The summed E-state index contributed by atoms with van der Waals surface area (Å²) in [4.78, 5) is 31.1. The summed E-state index contributed by atoms with van der Waals surface area (Å²) in [6.45, 7) is 4.27. The molecule has 8 nitrogen and oxygen atoms in total. The molecule has 3 heterocycles. The Morgan fingerprint density at radius 3 is 2.49 bits per heavy atom. The standard InChI is InChI=1S/C26H28N6O2S/c1-4-5-6-11-17(2)31-24(34)18-12-7-9-14-20(18)27-26(31)35-16-22-28-29-25-30(3)23(33)19-13-8-10-15-21(19)32(22)25/h7-10,12-15,17H,4-6,11,16H2,1-3H3. The van der Waals surface area contributed by atoms with Crippen LogP contribution in [0.4, 0.5) is 0 Å². The molecule has 5 aromatic rings. The van der Waals surface area contributed by atoms with Gasteiger partial charge in [0.2, 0.25) is 5.78 Å². The molecule has 0 amide bonds. The summed E-state index contributed by atoms with van der Waals surface area (Å²) in [6, 6.07) is 15.0. The topological polar surface area (TPSA) is 87.1 Å². The van der Waals surface area contributed by atoms with Crippen molar-refractivity contribution in [2.45, 2.75) is 56.5 Å². The maximum Gasteiger partial charge on any atom is 0.262 e. The van der Waals surface area contributed by atoms with Crippen LogP contribution in [0.2, 0.25) is 0 Å². The third-order valence-corrected chi connectivity index (χ3v) is 7.41. The van der Waals surface area contributed by atoms with Crippen LogP contribution in [0.5, 0.6) is 0 Å². The van der Waals surface area contributed by atoms with Crippen molar-refractivity contribution in [3.63, 3.8) is 0 Å². The molecule has 0 spiro atoms. The summed E-state index contributed by atoms with van der Waals surface area (Å²) in [7, 11) is 1.70. The van der Waals surface area contributed by atoms with Crippen molar-refractivity contribution in [2.75, 3.05) is 0 Å². The average Bonchev–Trinajstić information content (AvgIpc) is 3.30. The van der Waals surface area contributed by atoms with Crippen LogP contribution < -0.4 is 11.1 Å². The van der Waals surface area contributed by atoms with Gasteiger partial charge in [-0.05, 0) is 37.6 Å². The number of hydrogen-bond acceptors (Lipinski definition) is 6. The third-order valence-electron chi connectivity index (χ3n) is 6.47. The van der Waals surface area contributed by atoms with E-state index in [9.17, 15) is 9.59 Å². The molecule has 5 rings (SSSR count). The van der Waals surface area contributed by atoms with Crippen molar-refractivity contribution in [3.05, 3.63) is 75.1 Å². The first kappa shape index (κ1) is 23.3. The number of aromatic nitrogens is 6. The average molecular weight is 489 g/mol. The van der Waals surface area contributed by atoms with E-state index < -0.39 is 0 Å². The second-order valence-electron chi connectivity index (χ2n) is 8.85. The summed E-state index contributed by atoms with van der Waals surface area (Å²) >= 11 is 1.48. The van der Waals surface area contributed by atoms with Crippen molar-refractivity contribution in [2.24, 2.45) is 7.05 Å². The maximum atomic E-state index is 13.5. The molecule has 0 N–H and O–H groups in total. The smallest absolute Gasteiger partial charge is 0.262 e. The molecule has 2 aromatic carbocycles. The molecular formula is C26H28N6O2S. The first-order valence-electron chi connectivity index (χ1n) is 12.0. The highest BCUT2D eigenvalue weighted by Gasteiger charge is 2.19. The van der Waals surface area contributed by atoms with E-state index in [0.717, 1.165) is 31.2 Å². The van der Waals surface area contributed by atoms with E-state index in [1.54, 1.807) is 7.05 Å². The minimum Gasteiger partial charge on any atom is -0.284 e. The van der Waals surface area contributed by atoms with Gasteiger partial charge in [-0.25, -0.2) is 4.98 Å². The van der Waals surface area contributed by atoms with E-state index in [1.165, 1.54) is 16.3 Å². The van der Waals surface area contributed by atoms with Crippen LogP contribution in [0.3, 0.4) is 0 Å². The van der Waals surface area contributed by atoms with Gasteiger partial charge in [-0.2, -0.15) is 0 Å². The van der Waals surface area contributed by atoms with Gasteiger partial charge < -0.3 is 0 Å². The molecule has 0 fully saturated rings. The van der Waals surface area contributed by atoms with Gasteiger partial charge in [0.25, 0.3) is 11.1 Å². The highest BCUT2D eigenvalue weighted by atomic mass is 32.2. The molecule has 0 aliphatic heterocycles. The van der Waals surface area contributed by atoms with Crippen molar-refractivity contribution < 1.29 is 0 Å². The zero-order valence-electron chi connectivity index (χ0n) is 20.1. The second-order valence-corrected chi connectivity index (χ2v) is 9.80. The highest BCUT2D eigenvalue weighted by Crippen LogP contribution is 2.27. The third kappa shape index (κ3) is 4.14. The van der Waals surface area contributed by atoms with Gasteiger partial charge in [-0.1, -0.05) is 62.2 Å². The number of para-hydroxylation sites is 2. The van der Waals surface area contributed by atoms with Crippen LogP contribution in [0.1, 0.15) is 51.4 Å². The summed E-state index contributed by atoms with van der Waals surface area (Å²) in [5, 5.41) is 10.6. The largest absolute Gasteiger partial charge is 0.284 e. The zero-order valence-corrected chi connectivity index (χ0v) is 21.0. The van der Waals surface area contributed by atoms with Crippen LogP contribution in [-0.2, 0) is 12.8 Å². The van der Waals surface area contributed by atoms with Gasteiger partial charge in [0.15, 0.2) is 5.16 Å². The lowest BCUT2D eigenvalue weighted by atomic mass is 10.1. The van der Waals surface area contributed by atoms with Crippen LogP contribution in [-0.4, -0.2) is 28.7 Å². The van der Waals surface area contributed by atoms with Gasteiger partial charge in [0, 0.05) is 13.1 Å². The minimum absolute atomic E-state index is 0.0129. The molecule has 0 saturated carbocycles. The molecule has 0 saturated heterocycles. The normalized spacial score (nSPS) is 12.7. The quantitative estimate of drug-likeness (QED) is 0.178. The molecule has 0 aliphatic carbocycles. The number of fused-ring (bicyclic) bond motifs is 4. The van der Waals surface area contributed by atoms with E-state index in [4.69, 9.17) is 4.98 Å². The molecule has 1 atom stereocenters. The highest BCUT2D eigenvalue weighted by molar-refractivity contribution is 7.98. The van der Waals surface area contributed by atoms with Gasteiger partial charge in [0.05, 0.1) is 27.6 Å². The van der Waals surface area contributed by atoms with Crippen LogP contribution in [0.15, 0.2) is 63.3 Å². The lowest BCUT2D eigenvalue weighted by Gasteiger charge is -2.19. The Balaban J connectivity index is 1.58. The molecule has 0 aliphatic rings. The lowest BCUT2D eigenvalue weighted by Crippen LogP contribution is -2.26. The Hall–Kier alpha value is -3.46. The van der Waals surface area contributed by atoms with E-state index >= 15 is 0 Å². The van der Waals surface area contributed by atoms with E-state index in [0.29, 0.717) is 38.8 Å². The fraction of sp³-hybridized carbons (Fsp3) is 0.346. The lowest BCUT2D eigenvalue weighted by molar-refractivity contribution is 0.431. The molecule has 3 aromatic heterocycles. The zero-order chi connectivity index (χ0) is 24.5. The second kappa shape index (κ2) is 9.65. The molecular weight excluding hydrogens is 460 g/mol. The van der Waals surface area contributed by atoms with Gasteiger partial charge in [0.1, 0.15) is 5.82 Å². The molecule has 180 valence electrons. The number of benzene rings is 2.